The van der Waals surface area contributed by atoms with Crippen LogP contribution < -0.4 is 11.5 Å². The Bertz CT molecular complexity index is 539. The zero-order chi connectivity index (χ0) is 13.6. The lowest BCUT2D eigenvalue weighted by Gasteiger charge is -2.07. The molecule has 4 N–H and O–H groups in total. The molecule has 0 aromatic heterocycles. The molecule has 0 bridgehead atoms. The first kappa shape index (κ1) is 13.5. The summed E-state index contributed by atoms with van der Waals surface area (Å²) in [6.07, 6.45) is 2.19. The van der Waals surface area contributed by atoms with Crippen molar-refractivity contribution in [1.29, 1.82) is 0 Å². The van der Waals surface area contributed by atoms with Crippen LogP contribution in [0.4, 0.5) is 0 Å². The summed E-state index contributed by atoms with van der Waals surface area (Å²) < 4.78 is 23.5. The van der Waals surface area contributed by atoms with E-state index in [1.54, 1.807) is 0 Å². The molecule has 1 saturated carbocycles. The molecule has 18 heavy (non-hydrogen) atoms. The molecule has 0 amide bonds. The summed E-state index contributed by atoms with van der Waals surface area (Å²) in [5.74, 6) is -0.177. The summed E-state index contributed by atoms with van der Waals surface area (Å²) in [4.78, 5) is 0. The van der Waals surface area contributed by atoms with Crippen molar-refractivity contribution in [2.75, 3.05) is 12.8 Å². The third kappa shape index (κ3) is 2.06. The SMILES string of the molecule is CCc1ccc([C@H]2[C@@H](S(C)(=O)=O)[C@@]2(N)CN)cc1. The van der Waals surface area contributed by atoms with Crippen molar-refractivity contribution in [3.8, 4) is 0 Å². The first-order chi connectivity index (χ1) is 8.34. The van der Waals surface area contributed by atoms with E-state index in [2.05, 4.69) is 6.92 Å². The predicted molar refractivity (Wildman–Crippen MR) is 73.2 cm³/mol. The Morgan fingerprint density at radius 2 is 1.83 bits per heavy atom. The van der Waals surface area contributed by atoms with Crippen LogP contribution in [0.5, 0.6) is 0 Å². The van der Waals surface area contributed by atoms with Gasteiger partial charge in [-0.15, -0.1) is 0 Å². The number of aryl methyl sites for hydroxylation is 1. The van der Waals surface area contributed by atoms with Gasteiger partial charge in [-0.2, -0.15) is 0 Å². The highest BCUT2D eigenvalue weighted by atomic mass is 32.2. The van der Waals surface area contributed by atoms with Gasteiger partial charge < -0.3 is 11.5 Å². The summed E-state index contributed by atoms with van der Waals surface area (Å²) in [7, 11) is -3.17. The third-order valence-electron chi connectivity index (χ3n) is 3.86. The van der Waals surface area contributed by atoms with Crippen LogP contribution in [0.25, 0.3) is 0 Å². The maximum absolute atomic E-state index is 11.7. The van der Waals surface area contributed by atoms with Gasteiger partial charge in [0.25, 0.3) is 0 Å². The fraction of sp³-hybridized carbons (Fsp3) is 0.538. The minimum absolute atomic E-state index is 0.177. The van der Waals surface area contributed by atoms with Crippen molar-refractivity contribution < 1.29 is 8.42 Å². The predicted octanol–water partition coefficient (Wildman–Crippen LogP) is 0.416. The van der Waals surface area contributed by atoms with Crippen molar-refractivity contribution in [3.63, 3.8) is 0 Å². The minimum atomic E-state index is -3.17. The summed E-state index contributed by atoms with van der Waals surface area (Å²) in [5, 5.41) is -0.553. The fourth-order valence-electron chi connectivity index (χ4n) is 2.76. The van der Waals surface area contributed by atoms with Crippen LogP contribution in [0.3, 0.4) is 0 Å². The second-order valence-corrected chi connectivity index (χ2v) is 7.31. The highest BCUT2D eigenvalue weighted by Gasteiger charge is 2.67. The van der Waals surface area contributed by atoms with E-state index in [9.17, 15) is 8.42 Å². The zero-order valence-corrected chi connectivity index (χ0v) is 11.6. The van der Waals surface area contributed by atoms with Gasteiger partial charge in [0.2, 0.25) is 0 Å². The van der Waals surface area contributed by atoms with Gasteiger partial charge in [-0.25, -0.2) is 8.42 Å². The van der Waals surface area contributed by atoms with Crippen molar-refractivity contribution in [2.45, 2.75) is 30.1 Å². The number of benzene rings is 1. The number of rotatable bonds is 4. The van der Waals surface area contributed by atoms with Crippen LogP contribution in [0.2, 0.25) is 0 Å². The normalized spacial score (nSPS) is 31.3. The number of hydrogen-bond acceptors (Lipinski definition) is 4. The van der Waals surface area contributed by atoms with E-state index >= 15 is 0 Å². The Morgan fingerprint density at radius 3 is 2.17 bits per heavy atom. The van der Waals surface area contributed by atoms with E-state index in [0.29, 0.717) is 0 Å². The molecular weight excluding hydrogens is 248 g/mol. The Hall–Kier alpha value is -0.910. The lowest BCUT2D eigenvalue weighted by atomic mass is 10.0. The number of nitrogens with two attached hydrogens (primary N) is 2. The number of hydrogen-bond donors (Lipinski definition) is 2. The fourth-order valence-corrected chi connectivity index (χ4v) is 4.62. The zero-order valence-electron chi connectivity index (χ0n) is 10.8. The Morgan fingerprint density at radius 1 is 1.28 bits per heavy atom. The van der Waals surface area contributed by atoms with Gasteiger partial charge in [-0.05, 0) is 17.5 Å². The Kier molecular flexibility index (Phi) is 3.25. The van der Waals surface area contributed by atoms with Crippen LogP contribution in [0, 0.1) is 0 Å². The molecule has 0 unspecified atom stereocenters. The summed E-state index contributed by atoms with van der Waals surface area (Å²) in [6, 6.07) is 7.96. The van der Waals surface area contributed by atoms with Crippen LogP contribution >= 0.6 is 0 Å². The average Bonchev–Trinajstić information content (AvgIpc) is 2.97. The maximum atomic E-state index is 11.7. The molecule has 100 valence electrons. The third-order valence-corrected chi connectivity index (χ3v) is 5.50. The molecule has 2 rings (SSSR count). The summed E-state index contributed by atoms with van der Waals surface area (Å²) in [5.41, 5.74) is 13.2. The van der Waals surface area contributed by atoms with Gasteiger partial charge in [-0.3, -0.25) is 0 Å². The highest BCUT2D eigenvalue weighted by Crippen LogP contribution is 2.53. The summed E-state index contributed by atoms with van der Waals surface area (Å²) >= 11 is 0. The van der Waals surface area contributed by atoms with Gasteiger partial charge in [0.1, 0.15) is 0 Å². The second kappa shape index (κ2) is 4.33. The molecule has 4 nitrogen and oxygen atoms in total. The molecule has 1 aliphatic carbocycles. The average molecular weight is 268 g/mol. The lowest BCUT2D eigenvalue weighted by Crippen LogP contribution is -2.38. The number of sulfone groups is 1. The van der Waals surface area contributed by atoms with Crippen molar-refractivity contribution in [2.24, 2.45) is 11.5 Å². The molecule has 0 spiro atoms. The molecular formula is C13H20N2O2S. The first-order valence-electron chi connectivity index (χ1n) is 6.11. The van der Waals surface area contributed by atoms with Crippen molar-refractivity contribution in [3.05, 3.63) is 35.4 Å². The summed E-state index contributed by atoms with van der Waals surface area (Å²) in [6.45, 7) is 2.27. The van der Waals surface area contributed by atoms with Gasteiger partial charge in [0.15, 0.2) is 9.84 Å². The van der Waals surface area contributed by atoms with E-state index in [4.69, 9.17) is 11.5 Å². The van der Waals surface area contributed by atoms with Crippen molar-refractivity contribution in [1.82, 2.24) is 0 Å². The molecule has 1 aliphatic rings. The highest BCUT2D eigenvalue weighted by molar-refractivity contribution is 7.91. The maximum Gasteiger partial charge on any atom is 0.152 e. The molecule has 5 heteroatoms. The molecule has 1 aromatic carbocycles. The lowest BCUT2D eigenvalue weighted by molar-refractivity contribution is 0.591. The molecule has 3 atom stereocenters. The van der Waals surface area contributed by atoms with E-state index in [1.807, 2.05) is 24.3 Å². The molecule has 1 fully saturated rings. The first-order valence-corrected chi connectivity index (χ1v) is 8.06. The van der Waals surface area contributed by atoms with E-state index in [1.165, 1.54) is 11.8 Å². The molecule has 0 saturated heterocycles. The largest absolute Gasteiger partial charge is 0.329 e. The Balaban J connectivity index is 2.33. The van der Waals surface area contributed by atoms with Crippen LogP contribution in [0.1, 0.15) is 24.0 Å². The minimum Gasteiger partial charge on any atom is -0.329 e. The van der Waals surface area contributed by atoms with Gasteiger partial charge in [-0.1, -0.05) is 31.2 Å². The van der Waals surface area contributed by atoms with Crippen LogP contribution in [-0.4, -0.2) is 32.0 Å². The van der Waals surface area contributed by atoms with Gasteiger partial charge >= 0.3 is 0 Å². The van der Waals surface area contributed by atoms with Crippen LogP contribution in [0.15, 0.2) is 24.3 Å². The van der Waals surface area contributed by atoms with E-state index in [0.717, 1.165) is 12.0 Å². The van der Waals surface area contributed by atoms with E-state index < -0.39 is 20.6 Å². The quantitative estimate of drug-likeness (QED) is 0.828. The molecule has 0 aliphatic heterocycles. The van der Waals surface area contributed by atoms with Gasteiger partial charge in [0.05, 0.1) is 10.8 Å². The molecule has 1 aromatic rings. The van der Waals surface area contributed by atoms with Crippen molar-refractivity contribution >= 4 is 9.84 Å². The molecule has 0 radical (unpaired) electrons. The second-order valence-electron chi connectivity index (χ2n) is 5.14. The van der Waals surface area contributed by atoms with Gasteiger partial charge in [0, 0.05) is 18.7 Å². The van der Waals surface area contributed by atoms with E-state index in [-0.39, 0.29) is 12.5 Å². The monoisotopic (exact) mass is 268 g/mol. The topological polar surface area (TPSA) is 86.2 Å². The molecule has 0 heterocycles. The standard InChI is InChI=1S/C13H20N2O2S/c1-3-9-4-6-10(7-5-9)11-12(18(2,16)17)13(11,15)8-14/h4-7,11-12H,3,8,14-15H2,1-2H3/t11-,12+,13+/m0/s1. The smallest absolute Gasteiger partial charge is 0.152 e. The Labute approximate surface area is 108 Å². The van der Waals surface area contributed by atoms with Crippen LogP contribution in [-0.2, 0) is 16.3 Å².